The van der Waals surface area contributed by atoms with Crippen molar-refractivity contribution in [3.63, 3.8) is 0 Å². The number of benzene rings is 1. The van der Waals surface area contributed by atoms with Crippen LogP contribution in [0, 0.1) is 0 Å². The van der Waals surface area contributed by atoms with E-state index in [-0.39, 0.29) is 6.04 Å². The van der Waals surface area contributed by atoms with Crippen molar-refractivity contribution in [3.05, 3.63) is 29.8 Å². The number of carbonyl (C=O) groups excluding carboxylic acids is 2. The standard InChI is InChI=1S/C14H17NO3/c1-18-12-8-6-10(7-9-12)13(16)14(17)15-11-4-2-3-5-11/h6-9,11H,2-5H2,1H3,(H,15,17). The van der Waals surface area contributed by atoms with Gasteiger partial charge in [0.1, 0.15) is 5.75 Å². The molecule has 1 amide bonds. The summed E-state index contributed by atoms with van der Waals surface area (Å²) in [6, 6.07) is 6.73. The smallest absolute Gasteiger partial charge is 0.292 e. The number of ketones is 1. The minimum atomic E-state index is -0.507. The largest absolute Gasteiger partial charge is 0.497 e. The van der Waals surface area contributed by atoms with Crippen LogP contribution in [0.2, 0.25) is 0 Å². The fourth-order valence-corrected chi connectivity index (χ4v) is 2.19. The highest BCUT2D eigenvalue weighted by Crippen LogP contribution is 2.18. The Morgan fingerprint density at radius 2 is 1.78 bits per heavy atom. The van der Waals surface area contributed by atoms with Gasteiger partial charge in [-0.1, -0.05) is 12.8 Å². The van der Waals surface area contributed by atoms with E-state index in [1.54, 1.807) is 31.4 Å². The van der Waals surface area contributed by atoms with E-state index >= 15 is 0 Å². The van der Waals surface area contributed by atoms with Crippen LogP contribution < -0.4 is 10.1 Å². The average Bonchev–Trinajstić information content (AvgIpc) is 2.91. The Morgan fingerprint density at radius 1 is 1.17 bits per heavy atom. The van der Waals surface area contributed by atoms with Gasteiger partial charge in [0.2, 0.25) is 5.78 Å². The number of ether oxygens (including phenoxy) is 1. The third kappa shape index (κ3) is 2.88. The van der Waals surface area contributed by atoms with Gasteiger partial charge in [0.25, 0.3) is 5.91 Å². The zero-order chi connectivity index (χ0) is 13.0. The molecule has 18 heavy (non-hydrogen) atoms. The monoisotopic (exact) mass is 247 g/mol. The van der Waals surface area contributed by atoms with Crippen LogP contribution in [0.1, 0.15) is 36.0 Å². The lowest BCUT2D eigenvalue weighted by atomic mass is 10.1. The van der Waals surface area contributed by atoms with Gasteiger partial charge in [0.15, 0.2) is 0 Å². The third-order valence-electron chi connectivity index (χ3n) is 3.25. The van der Waals surface area contributed by atoms with E-state index in [1.807, 2.05) is 0 Å². The summed E-state index contributed by atoms with van der Waals surface area (Å²) in [7, 11) is 1.56. The summed E-state index contributed by atoms with van der Waals surface area (Å²) in [4.78, 5) is 23.6. The molecule has 0 heterocycles. The highest BCUT2D eigenvalue weighted by Gasteiger charge is 2.22. The summed E-state index contributed by atoms with van der Waals surface area (Å²) < 4.78 is 5.01. The van der Waals surface area contributed by atoms with E-state index in [1.165, 1.54) is 0 Å². The van der Waals surface area contributed by atoms with Crippen molar-refractivity contribution >= 4 is 11.7 Å². The molecule has 0 atom stereocenters. The van der Waals surface area contributed by atoms with Crippen molar-refractivity contribution in [1.82, 2.24) is 5.32 Å². The maximum absolute atomic E-state index is 11.9. The highest BCUT2D eigenvalue weighted by molar-refractivity contribution is 6.42. The maximum Gasteiger partial charge on any atom is 0.292 e. The lowest BCUT2D eigenvalue weighted by Crippen LogP contribution is -2.37. The Bertz CT molecular complexity index is 433. The van der Waals surface area contributed by atoms with Crippen LogP contribution >= 0.6 is 0 Å². The van der Waals surface area contributed by atoms with Crippen molar-refractivity contribution in [1.29, 1.82) is 0 Å². The molecule has 1 aromatic rings. The second kappa shape index (κ2) is 5.67. The van der Waals surface area contributed by atoms with Crippen LogP contribution in [0.4, 0.5) is 0 Å². The molecular weight excluding hydrogens is 230 g/mol. The van der Waals surface area contributed by atoms with Gasteiger partial charge in [-0.25, -0.2) is 0 Å². The SMILES string of the molecule is COc1ccc(C(=O)C(=O)NC2CCCC2)cc1. The summed E-state index contributed by atoms with van der Waals surface area (Å²) in [5.41, 5.74) is 0.395. The molecule has 1 aliphatic rings. The lowest BCUT2D eigenvalue weighted by molar-refractivity contribution is -0.117. The predicted octanol–water partition coefficient (Wildman–Crippen LogP) is 1.94. The van der Waals surface area contributed by atoms with E-state index in [2.05, 4.69) is 5.32 Å². The van der Waals surface area contributed by atoms with Crippen LogP contribution in [0.25, 0.3) is 0 Å². The number of carbonyl (C=O) groups is 2. The van der Waals surface area contributed by atoms with Crippen molar-refractivity contribution in [3.8, 4) is 5.75 Å². The summed E-state index contributed by atoms with van der Waals surface area (Å²) in [5, 5.41) is 2.79. The molecule has 0 unspecified atom stereocenters. The first-order valence-electron chi connectivity index (χ1n) is 6.20. The number of Topliss-reactive ketones (excluding diaryl/α,β-unsaturated/α-hetero) is 1. The van der Waals surface area contributed by atoms with Crippen molar-refractivity contribution in [2.24, 2.45) is 0 Å². The molecule has 0 radical (unpaired) electrons. The molecule has 96 valence electrons. The molecule has 2 rings (SSSR count). The minimum Gasteiger partial charge on any atom is -0.497 e. The van der Waals surface area contributed by atoms with Crippen LogP contribution in [-0.2, 0) is 4.79 Å². The van der Waals surface area contributed by atoms with Crippen LogP contribution in [-0.4, -0.2) is 24.8 Å². The second-order valence-corrected chi connectivity index (χ2v) is 4.51. The number of nitrogens with one attached hydrogen (secondary N) is 1. The number of amides is 1. The quantitative estimate of drug-likeness (QED) is 0.653. The Morgan fingerprint density at radius 3 is 2.33 bits per heavy atom. The number of hydrogen-bond donors (Lipinski definition) is 1. The molecule has 0 spiro atoms. The molecule has 1 N–H and O–H groups in total. The molecule has 0 aliphatic heterocycles. The summed E-state index contributed by atoms with van der Waals surface area (Å²) in [5.74, 6) is -0.320. The molecule has 0 saturated heterocycles. The zero-order valence-corrected chi connectivity index (χ0v) is 10.4. The van der Waals surface area contributed by atoms with E-state index in [0.29, 0.717) is 11.3 Å². The summed E-state index contributed by atoms with van der Waals surface area (Å²) in [6.07, 6.45) is 4.20. The number of hydrogen-bond acceptors (Lipinski definition) is 3. The molecular formula is C14H17NO3. The highest BCUT2D eigenvalue weighted by atomic mass is 16.5. The molecule has 0 bridgehead atoms. The second-order valence-electron chi connectivity index (χ2n) is 4.51. The maximum atomic E-state index is 11.9. The van der Waals surface area contributed by atoms with E-state index < -0.39 is 11.7 Å². The van der Waals surface area contributed by atoms with Crippen molar-refractivity contribution in [2.45, 2.75) is 31.7 Å². The van der Waals surface area contributed by atoms with Gasteiger partial charge in [-0.05, 0) is 37.1 Å². The predicted molar refractivity (Wildman–Crippen MR) is 67.7 cm³/mol. The first kappa shape index (κ1) is 12.6. The normalized spacial score (nSPS) is 15.4. The van der Waals surface area contributed by atoms with Crippen LogP contribution in [0.5, 0.6) is 5.75 Å². The first-order valence-corrected chi connectivity index (χ1v) is 6.20. The third-order valence-corrected chi connectivity index (χ3v) is 3.25. The Kier molecular flexibility index (Phi) is 3.97. The Labute approximate surface area is 106 Å². The Balaban J connectivity index is 1.98. The van der Waals surface area contributed by atoms with Gasteiger partial charge >= 0.3 is 0 Å². The molecule has 4 heteroatoms. The minimum absolute atomic E-state index is 0.166. The van der Waals surface area contributed by atoms with E-state index in [0.717, 1.165) is 25.7 Å². The van der Waals surface area contributed by atoms with Gasteiger partial charge in [-0.15, -0.1) is 0 Å². The molecule has 1 saturated carbocycles. The first-order chi connectivity index (χ1) is 8.70. The van der Waals surface area contributed by atoms with Gasteiger partial charge in [-0.2, -0.15) is 0 Å². The number of rotatable bonds is 4. The lowest BCUT2D eigenvalue weighted by Gasteiger charge is -2.11. The van der Waals surface area contributed by atoms with Gasteiger partial charge in [0, 0.05) is 11.6 Å². The summed E-state index contributed by atoms with van der Waals surface area (Å²) >= 11 is 0. The molecule has 1 aromatic carbocycles. The molecule has 0 aromatic heterocycles. The van der Waals surface area contributed by atoms with E-state index in [4.69, 9.17) is 4.74 Å². The van der Waals surface area contributed by atoms with Crippen LogP contribution in [0.3, 0.4) is 0 Å². The Hall–Kier alpha value is -1.84. The van der Waals surface area contributed by atoms with Gasteiger partial charge in [-0.3, -0.25) is 9.59 Å². The zero-order valence-electron chi connectivity index (χ0n) is 10.4. The topological polar surface area (TPSA) is 55.4 Å². The van der Waals surface area contributed by atoms with Crippen LogP contribution in [0.15, 0.2) is 24.3 Å². The van der Waals surface area contributed by atoms with Gasteiger partial charge < -0.3 is 10.1 Å². The molecule has 4 nitrogen and oxygen atoms in total. The van der Waals surface area contributed by atoms with Gasteiger partial charge in [0.05, 0.1) is 7.11 Å². The average molecular weight is 247 g/mol. The number of methoxy groups -OCH3 is 1. The molecule has 1 fully saturated rings. The summed E-state index contributed by atoms with van der Waals surface area (Å²) in [6.45, 7) is 0. The fraction of sp³-hybridized carbons (Fsp3) is 0.429. The molecule has 1 aliphatic carbocycles. The van der Waals surface area contributed by atoms with Crippen molar-refractivity contribution < 1.29 is 14.3 Å². The fourth-order valence-electron chi connectivity index (χ4n) is 2.19. The van der Waals surface area contributed by atoms with E-state index in [9.17, 15) is 9.59 Å². The van der Waals surface area contributed by atoms with Crippen molar-refractivity contribution in [2.75, 3.05) is 7.11 Å².